The zero-order valence-corrected chi connectivity index (χ0v) is 10.3. The van der Waals surface area contributed by atoms with Crippen molar-refractivity contribution in [2.45, 2.75) is 12.2 Å². The Balaban J connectivity index is 2.56. The maximum Gasteiger partial charge on any atom is 0.416 e. The molecule has 0 unspecified atom stereocenters. The van der Waals surface area contributed by atoms with E-state index in [-0.39, 0.29) is 5.56 Å². The molecule has 0 amide bonds. The van der Waals surface area contributed by atoms with Crippen molar-refractivity contribution in [3.63, 3.8) is 0 Å². The molecule has 0 saturated carbocycles. The van der Waals surface area contributed by atoms with Crippen molar-refractivity contribution in [3.05, 3.63) is 71.0 Å². The van der Waals surface area contributed by atoms with Gasteiger partial charge in [0, 0.05) is 0 Å². The highest BCUT2D eigenvalue weighted by atomic mass is 19.4. The van der Waals surface area contributed by atoms with Gasteiger partial charge >= 0.3 is 6.18 Å². The summed E-state index contributed by atoms with van der Waals surface area (Å²) in [7, 11) is 0. The van der Waals surface area contributed by atoms with E-state index in [4.69, 9.17) is 5.84 Å². The van der Waals surface area contributed by atoms with Crippen LogP contribution in [-0.4, -0.2) is 0 Å². The largest absolute Gasteiger partial charge is 0.416 e. The molecule has 0 radical (unpaired) electrons. The van der Waals surface area contributed by atoms with Gasteiger partial charge in [0.2, 0.25) is 0 Å². The van der Waals surface area contributed by atoms with Gasteiger partial charge in [0.05, 0.1) is 11.6 Å². The second kappa shape index (κ2) is 5.60. The van der Waals surface area contributed by atoms with Crippen molar-refractivity contribution in [2.24, 2.45) is 5.84 Å². The van der Waals surface area contributed by atoms with Gasteiger partial charge in [-0.15, -0.1) is 0 Å². The maximum atomic E-state index is 13.1. The topological polar surface area (TPSA) is 38.0 Å². The quantitative estimate of drug-likeness (QED) is 0.515. The van der Waals surface area contributed by atoms with E-state index in [1.54, 1.807) is 30.3 Å². The van der Waals surface area contributed by atoms with Crippen LogP contribution in [0.1, 0.15) is 22.7 Å². The lowest BCUT2D eigenvalue weighted by Crippen LogP contribution is -2.30. The maximum absolute atomic E-state index is 13.1. The molecule has 0 spiro atoms. The summed E-state index contributed by atoms with van der Waals surface area (Å²) >= 11 is 0. The summed E-state index contributed by atoms with van der Waals surface area (Å²) in [6, 6.07) is 10.1. The van der Waals surface area contributed by atoms with Gasteiger partial charge in [-0.25, -0.2) is 9.82 Å². The first-order chi connectivity index (χ1) is 9.43. The van der Waals surface area contributed by atoms with Gasteiger partial charge < -0.3 is 0 Å². The Morgan fingerprint density at radius 1 is 1.00 bits per heavy atom. The molecule has 6 heteroatoms. The lowest BCUT2D eigenvalue weighted by atomic mass is 9.94. The van der Waals surface area contributed by atoms with Crippen LogP contribution in [0.4, 0.5) is 17.6 Å². The minimum absolute atomic E-state index is 0.118. The number of rotatable bonds is 3. The SMILES string of the molecule is NN[C@@H](c1ccccc1)c1ccc(F)cc1C(F)(F)F. The fourth-order valence-electron chi connectivity index (χ4n) is 2.04. The van der Waals surface area contributed by atoms with Crippen molar-refractivity contribution < 1.29 is 17.6 Å². The molecule has 0 aromatic heterocycles. The van der Waals surface area contributed by atoms with E-state index in [2.05, 4.69) is 5.43 Å². The second-order valence-corrected chi connectivity index (χ2v) is 4.24. The molecule has 20 heavy (non-hydrogen) atoms. The normalized spacial score (nSPS) is 13.2. The summed E-state index contributed by atoms with van der Waals surface area (Å²) in [4.78, 5) is 0. The lowest BCUT2D eigenvalue weighted by Gasteiger charge is -2.21. The molecule has 3 N–H and O–H groups in total. The van der Waals surface area contributed by atoms with Crippen LogP contribution >= 0.6 is 0 Å². The molecule has 0 aliphatic rings. The van der Waals surface area contributed by atoms with Gasteiger partial charge in [0.15, 0.2) is 0 Å². The minimum atomic E-state index is -4.65. The van der Waals surface area contributed by atoms with E-state index in [1.165, 1.54) is 0 Å². The molecule has 2 aromatic carbocycles. The molecule has 0 fully saturated rings. The Kier molecular flexibility index (Phi) is 4.06. The van der Waals surface area contributed by atoms with Crippen LogP contribution in [0.25, 0.3) is 0 Å². The molecule has 1 atom stereocenters. The van der Waals surface area contributed by atoms with Crippen molar-refractivity contribution in [2.75, 3.05) is 0 Å². The highest BCUT2D eigenvalue weighted by molar-refractivity contribution is 5.39. The predicted octanol–water partition coefficient (Wildman–Crippen LogP) is 3.40. The molecule has 2 nitrogen and oxygen atoms in total. The summed E-state index contributed by atoms with van der Waals surface area (Å²) in [5, 5.41) is 0. The van der Waals surface area contributed by atoms with Crippen LogP contribution in [0.3, 0.4) is 0 Å². The highest BCUT2D eigenvalue weighted by Crippen LogP contribution is 2.36. The Morgan fingerprint density at radius 2 is 1.65 bits per heavy atom. The standard InChI is InChI=1S/C14H12F4N2/c15-10-6-7-11(12(8-10)14(16,17)18)13(20-19)9-4-2-1-3-5-9/h1-8,13,20H,19H2/t13-/m0/s1. The van der Waals surface area contributed by atoms with Gasteiger partial charge in [-0.3, -0.25) is 5.84 Å². The van der Waals surface area contributed by atoms with Gasteiger partial charge in [0.1, 0.15) is 5.82 Å². The number of halogens is 4. The van der Waals surface area contributed by atoms with Crippen LogP contribution in [0.15, 0.2) is 48.5 Å². The van der Waals surface area contributed by atoms with Crippen LogP contribution in [-0.2, 0) is 6.18 Å². The van der Waals surface area contributed by atoms with Crippen molar-refractivity contribution in [1.29, 1.82) is 0 Å². The molecule has 0 aliphatic carbocycles. The Bertz CT molecular complexity index is 581. The van der Waals surface area contributed by atoms with Crippen molar-refractivity contribution in [3.8, 4) is 0 Å². The number of hydrazine groups is 1. The number of nitrogens with one attached hydrogen (secondary N) is 1. The summed E-state index contributed by atoms with van der Waals surface area (Å²) in [5.74, 6) is 4.44. The fourth-order valence-corrected chi connectivity index (χ4v) is 2.04. The second-order valence-electron chi connectivity index (χ2n) is 4.24. The van der Waals surface area contributed by atoms with Gasteiger partial charge in [-0.1, -0.05) is 36.4 Å². The van der Waals surface area contributed by atoms with E-state index < -0.39 is 23.6 Å². The van der Waals surface area contributed by atoms with E-state index >= 15 is 0 Å². The average Bonchev–Trinajstić information content (AvgIpc) is 2.41. The monoisotopic (exact) mass is 284 g/mol. The lowest BCUT2D eigenvalue weighted by molar-refractivity contribution is -0.138. The van der Waals surface area contributed by atoms with Gasteiger partial charge in [-0.05, 0) is 23.3 Å². The third kappa shape index (κ3) is 2.97. The van der Waals surface area contributed by atoms with Crippen molar-refractivity contribution >= 4 is 0 Å². The summed E-state index contributed by atoms with van der Waals surface area (Å²) < 4.78 is 52.1. The summed E-state index contributed by atoms with van der Waals surface area (Å²) in [6.07, 6.45) is -4.65. The molecule has 0 saturated heterocycles. The van der Waals surface area contributed by atoms with Crippen molar-refractivity contribution in [1.82, 2.24) is 5.43 Å². The van der Waals surface area contributed by atoms with Gasteiger partial charge in [-0.2, -0.15) is 13.2 Å². The van der Waals surface area contributed by atoms with Crippen LogP contribution < -0.4 is 11.3 Å². The number of nitrogens with two attached hydrogens (primary N) is 1. The smallest absolute Gasteiger partial charge is 0.271 e. The van der Waals surface area contributed by atoms with Crippen LogP contribution in [0.2, 0.25) is 0 Å². The molecule has 2 rings (SSSR count). The molecule has 106 valence electrons. The highest BCUT2D eigenvalue weighted by Gasteiger charge is 2.35. The zero-order valence-electron chi connectivity index (χ0n) is 10.3. The zero-order chi connectivity index (χ0) is 14.8. The minimum Gasteiger partial charge on any atom is -0.271 e. The first-order valence-corrected chi connectivity index (χ1v) is 5.81. The third-order valence-electron chi connectivity index (χ3n) is 2.93. The average molecular weight is 284 g/mol. The first-order valence-electron chi connectivity index (χ1n) is 5.81. The molecular formula is C14H12F4N2. The molecule has 2 aromatic rings. The number of hydrogen-bond acceptors (Lipinski definition) is 2. The summed E-state index contributed by atoms with van der Waals surface area (Å²) in [6.45, 7) is 0. The Labute approximate surface area is 113 Å². The summed E-state index contributed by atoms with van der Waals surface area (Å²) in [5.41, 5.74) is 1.75. The third-order valence-corrected chi connectivity index (χ3v) is 2.93. The Morgan fingerprint density at radius 3 is 2.20 bits per heavy atom. The molecule has 0 heterocycles. The van der Waals surface area contributed by atoms with Gasteiger partial charge in [0.25, 0.3) is 0 Å². The Hall–Kier alpha value is -1.92. The number of hydrogen-bond donors (Lipinski definition) is 2. The van der Waals surface area contributed by atoms with E-state index in [0.29, 0.717) is 11.6 Å². The number of benzene rings is 2. The molecule has 0 bridgehead atoms. The van der Waals surface area contributed by atoms with E-state index in [9.17, 15) is 17.6 Å². The fraction of sp³-hybridized carbons (Fsp3) is 0.143. The van der Waals surface area contributed by atoms with E-state index in [0.717, 1.165) is 12.1 Å². The van der Waals surface area contributed by atoms with Crippen LogP contribution in [0.5, 0.6) is 0 Å². The number of alkyl halides is 3. The van der Waals surface area contributed by atoms with Crippen LogP contribution in [0, 0.1) is 5.82 Å². The molecule has 0 aliphatic heterocycles. The molecular weight excluding hydrogens is 272 g/mol. The predicted molar refractivity (Wildman–Crippen MR) is 67.0 cm³/mol. The van der Waals surface area contributed by atoms with E-state index in [1.807, 2.05) is 0 Å². The first kappa shape index (κ1) is 14.5.